The molecular weight excluding hydrogens is 302 g/mol. The zero-order valence-corrected chi connectivity index (χ0v) is 12.6. The molecule has 0 aliphatic carbocycles. The molecule has 1 aromatic heterocycles. The lowest BCUT2D eigenvalue weighted by Crippen LogP contribution is -2.49. The lowest BCUT2D eigenvalue weighted by atomic mass is 10.2. The standard InChI is InChI=1S/C15H15N3O3S/c19-13-5-14-18(13)7-10(9-22-14)6-16-3-4-17-11(8-16)1-2-12(17)15(20)21/h1-4,7,14H,5-6,8-9H2,(H,20,21)/t14-/m1/s1. The number of aromatic nitrogens is 1. The predicted molar refractivity (Wildman–Crippen MR) is 82.9 cm³/mol. The summed E-state index contributed by atoms with van der Waals surface area (Å²) < 4.78 is 1.71. The number of hydrogen-bond acceptors (Lipinski definition) is 4. The second-order valence-electron chi connectivity index (χ2n) is 5.65. The maximum atomic E-state index is 11.5. The molecule has 0 aromatic carbocycles. The summed E-state index contributed by atoms with van der Waals surface area (Å²) >= 11 is 1.81. The Morgan fingerprint density at radius 2 is 2.23 bits per heavy atom. The second kappa shape index (κ2) is 4.95. The number of carbonyl (C=O) groups is 2. The van der Waals surface area contributed by atoms with Crippen molar-refractivity contribution < 1.29 is 14.7 Å². The van der Waals surface area contributed by atoms with E-state index < -0.39 is 5.97 Å². The van der Waals surface area contributed by atoms with Crippen molar-refractivity contribution in [2.45, 2.75) is 18.3 Å². The molecule has 3 aliphatic heterocycles. The summed E-state index contributed by atoms with van der Waals surface area (Å²) in [7, 11) is 0. The monoisotopic (exact) mass is 317 g/mol. The van der Waals surface area contributed by atoms with Gasteiger partial charge in [0.2, 0.25) is 5.91 Å². The first kappa shape index (κ1) is 13.5. The number of nitrogens with zero attached hydrogens (tertiary/aromatic N) is 3. The van der Waals surface area contributed by atoms with E-state index in [4.69, 9.17) is 5.11 Å². The molecule has 114 valence electrons. The van der Waals surface area contributed by atoms with Gasteiger partial charge in [0, 0.05) is 36.6 Å². The molecule has 1 atom stereocenters. The van der Waals surface area contributed by atoms with Crippen LogP contribution in [0.1, 0.15) is 22.6 Å². The Kier molecular flexibility index (Phi) is 3.04. The highest BCUT2D eigenvalue weighted by atomic mass is 32.2. The number of rotatable bonds is 3. The van der Waals surface area contributed by atoms with Gasteiger partial charge in [-0.15, -0.1) is 11.8 Å². The highest BCUT2D eigenvalue weighted by molar-refractivity contribution is 8.00. The third-order valence-corrected chi connectivity index (χ3v) is 5.47. The van der Waals surface area contributed by atoms with E-state index in [1.165, 1.54) is 5.57 Å². The molecule has 0 spiro atoms. The molecule has 1 saturated heterocycles. The summed E-state index contributed by atoms with van der Waals surface area (Å²) in [6.45, 7) is 1.43. The van der Waals surface area contributed by atoms with E-state index in [1.807, 2.05) is 35.1 Å². The van der Waals surface area contributed by atoms with Crippen molar-refractivity contribution in [1.29, 1.82) is 0 Å². The van der Waals surface area contributed by atoms with Crippen molar-refractivity contribution in [2.75, 3.05) is 12.3 Å². The van der Waals surface area contributed by atoms with Crippen LogP contribution >= 0.6 is 11.8 Å². The summed E-state index contributed by atoms with van der Waals surface area (Å²) in [5, 5.41) is 9.46. The first-order chi connectivity index (χ1) is 10.6. The van der Waals surface area contributed by atoms with E-state index in [2.05, 4.69) is 4.90 Å². The third-order valence-electron chi connectivity index (χ3n) is 4.15. The zero-order chi connectivity index (χ0) is 15.3. The number of amides is 1. The van der Waals surface area contributed by atoms with Crippen molar-refractivity contribution in [3.05, 3.63) is 41.5 Å². The normalized spacial score (nSPS) is 22.8. The van der Waals surface area contributed by atoms with Crippen molar-refractivity contribution in [3.8, 4) is 0 Å². The van der Waals surface area contributed by atoms with E-state index in [0.717, 1.165) is 18.0 Å². The number of aromatic carboxylic acids is 1. The van der Waals surface area contributed by atoms with E-state index in [9.17, 15) is 9.59 Å². The van der Waals surface area contributed by atoms with Gasteiger partial charge in [0.25, 0.3) is 0 Å². The van der Waals surface area contributed by atoms with Gasteiger partial charge in [0.1, 0.15) is 5.69 Å². The molecule has 4 rings (SSSR count). The quantitative estimate of drug-likeness (QED) is 0.858. The Morgan fingerprint density at radius 1 is 1.36 bits per heavy atom. The highest BCUT2D eigenvalue weighted by Gasteiger charge is 2.37. The molecule has 0 radical (unpaired) electrons. The Labute approximate surface area is 131 Å². The van der Waals surface area contributed by atoms with E-state index in [-0.39, 0.29) is 11.6 Å². The van der Waals surface area contributed by atoms with Gasteiger partial charge in [-0.25, -0.2) is 4.79 Å². The number of fused-ring (bicyclic) bond motifs is 2. The van der Waals surface area contributed by atoms with Gasteiger partial charge in [-0.1, -0.05) is 0 Å². The lowest BCUT2D eigenvalue weighted by molar-refractivity contribution is -0.137. The fraction of sp³-hybridized carbons (Fsp3) is 0.333. The van der Waals surface area contributed by atoms with Crippen LogP contribution in [0.15, 0.2) is 30.1 Å². The molecule has 0 unspecified atom stereocenters. The summed E-state index contributed by atoms with van der Waals surface area (Å²) in [6, 6.07) is 3.48. The minimum Gasteiger partial charge on any atom is -0.477 e. The maximum Gasteiger partial charge on any atom is 0.352 e. The predicted octanol–water partition coefficient (Wildman–Crippen LogP) is 1.62. The van der Waals surface area contributed by atoms with Gasteiger partial charge in [-0.05, 0) is 17.7 Å². The van der Waals surface area contributed by atoms with E-state index in [1.54, 1.807) is 16.8 Å². The Balaban J connectivity index is 1.48. The van der Waals surface area contributed by atoms with Gasteiger partial charge < -0.3 is 19.5 Å². The van der Waals surface area contributed by atoms with Crippen LogP contribution in [0.5, 0.6) is 0 Å². The molecule has 0 saturated carbocycles. The molecule has 4 heterocycles. The van der Waals surface area contributed by atoms with Crippen molar-refractivity contribution in [2.24, 2.45) is 0 Å². The first-order valence-electron chi connectivity index (χ1n) is 7.10. The molecule has 3 aliphatic rings. The smallest absolute Gasteiger partial charge is 0.352 e. The van der Waals surface area contributed by atoms with Crippen LogP contribution in [0.2, 0.25) is 0 Å². The molecule has 6 nitrogen and oxygen atoms in total. The van der Waals surface area contributed by atoms with Gasteiger partial charge >= 0.3 is 5.97 Å². The third kappa shape index (κ3) is 2.12. The average Bonchev–Trinajstić information content (AvgIpc) is 2.91. The number of hydrogen-bond donors (Lipinski definition) is 1. The van der Waals surface area contributed by atoms with Gasteiger partial charge in [0.15, 0.2) is 0 Å². The summed E-state index contributed by atoms with van der Waals surface area (Å²) in [6.07, 6.45) is 6.34. The van der Waals surface area contributed by atoms with Gasteiger partial charge in [-0.2, -0.15) is 0 Å². The summed E-state index contributed by atoms with van der Waals surface area (Å²) in [4.78, 5) is 26.6. The highest BCUT2D eigenvalue weighted by Crippen LogP contribution is 2.35. The van der Waals surface area contributed by atoms with Crippen molar-refractivity contribution in [3.63, 3.8) is 0 Å². The Morgan fingerprint density at radius 3 is 3.00 bits per heavy atom. The van der Waals surface area contributed by atoms with Crippen LogP contribution < -0.4 is 0 Å². The molecule has 1 fully saturated rings. The molecule has 1 aromatic rings. The largest absolute Gasteiger partial charge is 0.477 e. The molecular formula is C15H15N3O3S. The number of carboxylic acids is 1. The first-order valence-corrected chi connectivity index (χ1v) is 8.15. The molecule has 0 bridgehead atoms. The minimum absolute atomic E-state index is 0.198. The van der Waals surface area contributed by atoms with Crippen LogP contribution in [0, 0.1) is 0 Å². The zero-order valence-electron chi connectivity index (χ0n) is 11.8. The fourth-order valence-corrected chi connectivity index (χ4v) is 4.15. The van der Waals surface area contributed by atoms with Gasteiger partial charge in [-0.3, -0.25) is 4.79 Å². The Hall–Kier alpha value is -2.15. The van der Waals surface area contributed by atoms with Crippen LogP contribution in [0.25, 0.3) is 6.20 Å². The number of thioether (sulfide) groups is 1. The number of β-lactam (4-membered cyclic amide) rings is 1. The SMILES string of the molecule is O=C(O)c1ccc2n1C=CN(CC1=CN3C(=O)C[C@H]3SC1)C2. The van der Waals surface area contributed by atoms with Crippen LogP contribution in [-0.4, -0.2) is 49.0 Å². The fourth-order valence-electron chi connectivity index (χ4n) is 2.98. The average molecular weight is 317 g/mol. The molecule has 1 amide bonds. The van der Waals surface area contributed by atoms with Crippen LogP contribution in [-0.2, 0) is 11.3 Å². The number of carbonyl (C=O) groups excluding carboxylic acids is 1. The second-order valence-corrected chi connectivity index (χ2v) is 6.81. The van der Waals surface area contributed by atoms with E-state index >= 15 is 0 Å². The van der Waals surface area contributed by atoms with E-state index in [0.29, 0.717) is 18.3 Å². The van der Waals surface area contributed by atoms with Gasteiger partial charge in [0.05, 0.1) is 18.3 Å². The van der Waals surface area contributed by atoms with Crippen LogP contribution in [0.3, 0.4) is 0 Å². The molecule has 7 heteroatoms. The topological polar surface area (TPSA) is 65.8 Å². The minimum atomic E-state index is -0.918. The summed E-state index contributed by atoms with van der Waals surface area (Å²) in [5.74, 6) is 0.224. The van der Waals surface area contributed by atoms with Crippen molar-refractivity contribution >= 4 is 29.8 Å². The number of carboxylic acid groups (broad SMARTS) is 1. The molecule has 22 heavy (non-hydrogen) atoms. The lowest BCUT2D eigenvalue weighted by Gasteiger charge is -2.41. The summed E-state index contributed by atoms with van der Waals surface area (Å²) in [5.41, 5.74) is 2.46. The molecule has 1 N–H and O–H groups in total. The van der Waals surface area contributed by atoms with Crippen LogP contribution in [0.4, 0.5) is 0 Å². The van der Waals surface area contributed by atoms with Crippen molar-refractivity contribution in [1.82, 2.24) is 14.4 Å². The Bertz CT molecular complexity index is 722. The maximum absolute atomic E-state index is 11.5.